The summed E-state index contributed by atoms with van der Waals surface area (Å²) in [4.78, 5) is 40.7. The summed E-state index contributed by atoms with van der Waals surface area (Å²) in [6.45, 7) is 11.2. The Hall–Kier alpha value is -4.29. The predicted molar refractivity (Wildman–Crippen MR) is 310 cm³/mol. The van der Waals surface area contributed by atoms with Gasteiger partial charge in [0.05, 0.1) is 59.8 Å². The summed E-state index contributed by atoms with van der Waals surface area (Å²) in [7, 11) is 6.15. The first kappa shape index (κ1) is 67.6. The predicted octanol–water partition coefficient (Wildman–Crippen LogP) is 4.71. The number of fused-ring (bicyclic) bond motifs is 5. The average molecular weight is 1260 g/mol. The first-order valence-electron chi connectivity index (χ1n) is 31.3. The Labute approximate surface area is 519 Å². The van der Waals surface area contributed by atoms with Crippen LogP contribution in [-0.2, 0) is 75.8 Å². The lowest BCUT2D eigenvalue weighted by Gasteiger charge is -2.67. The number of esters is 3. The van der Waals surface area contributed by atoms with Gasteiger partial charge >= 0.3 is 17.9 Å². The van der Waals surface area contributed by atoms with Crippen LogP contribution >= 0.6 is 0 Å². The van der Waals surface area contributed by atoms with E-state index in [1.807, 2.05) is 26.8 Å². The largest absolute Gasteiger partial charge is 0.507 e. The second-order valence-electron chi connectivity index (χ2n) is 25.9. The van der Waals surface area contributed by atoms with Crippen molar-refractivity contribution in [1.29, 1.82) is 0 Å². The number of methoxy groups -OCH3 is 4. The second-order valence-corrected chi connectivity index (χ2v) is 25.9. The van der Waals surface area contributed by atoms with E-state index in [0.29, 0.717) is 6.42 Å². The number of phenolic OH excluding ortho intramolecular Hbond substituents is 1. The summed E-state index contributed by atoms with van der Waals surface area (Å²) in [5.74, 6) is -3.47. The third kappa shape index (κ3) is 12.4. The highest BCUT2D eigenvalue weighted by molar-refractivity contribution is 5.92. The third-order valence-electron chi connectivity index (χ3n) is 21.3. The fraction of sp³-hybridized carbons (Fsp3) is 0.738. The molecule has 4 aliphatic carbocycles. The molecule has 2 aromatic carbocycles. The van der Waals surface area contributed by atoms with Crippen molar-refractivity contribution in [1.82, 2.24) is 0 Å². The van der Waals surface area contributed by atoms with Crippen LogP contribution in [-0.4, -0.2) is 223 Å². The molecule has 26 atom stereocenters. The molecule has 89 heavy (non-hydrogen) atoms. The van der Waals surface area contributed by atoms with Crippen LogP contribution < -0.4 is 0 Å². The van der Waals surface area contributed by atoms with Crippen molar-refractivity contribution in [2.75, 3.05) is 35.0 Å². The van der Waals surface area contributed by atoms with Gasteiger partial charge in [-0.15, -0.1) is 0 Å². The molecule has 0 radical (unpaired) electrons. The lowest BCUT2D eigenvalue weighted by atomic mass is 9.42. The molecule has 0 unspecified atom stereocenters. The van der Waals surface area contributed by atoms with Gasteiger partial charge in [0.2, 0.25) is 0 Å². The van der Waals surface area contributed by atoms with Crippen molar-refractivity contribution >= 4 is 17.9 Å². The summed E-state index contributed by atoms with van der Waals surface area (Å²) in [6.07, 6.45) is -12.3. The van der Waals surface area contributed by atoms with Gasteiger partial charge in [0.25, 0.3) is 0 Å². The van der Waals surface area contributed by atoms with Gasteiger partial charge in [0, 0.05) is 66.0 Å². The van der Waals surface area contributed by atoms with Gasteiger partial charge in [-0.05, 0) is 104 Å². The molecule has 0 bridgehead atoms. The number of aliphatic hydroxyl groups is 5. The Bertz CT molecular complexity index is 2810. The van der Waals surface area contributed by atoms with Crippen LogP contribution in [0.5, 0.6) is 5.75 Å². The van der Waals surface area contributed by atoms with Crippen LogP contribution in [0.15, 0.2) is 66.2 Å². The quantitative estimate of drug-likeness (QED) is 0.0630. The highest BCUT2D eigenvalue weighted by Gasteiger charge is 2.82. The molecule has 496 valence electrons. The SMILES string of the molecule is CO[C@@H]1[C@@H](O)[C@H](O[C@H]2[C@@H](OC)C[C@H](O[C@H]3[C@@H](OC)C[C@H](O[C@H]4[C@@H](OC)C[C@H](O[C@H]5CC[C@@]6(COC(=O)c7ccccc7O)C(=CC[C@]7(O)[C@@H]6C[C@@H](OC(=O)c6ccccc6)[C@@]6(C)[C@]7(O)CC[C@@]6(O)[C@H](C)OC(C)=O)C5)O[C@@H]4C)O[C@@H]3C)O[C@@H]2C)O[C@H](C)[C@H]1O. The van der Waals surface area contributed by atoms with Crippen LogP contribution in [0.1, 0.15) is 133 Å². The van der Waals surface area contributed by atoms with Gasteiger partial charge in [-0.3, -0.25) is 4.79 Å². The van der Waals surface area contributed by atoms with Crippen LogP contribution in [0.2, 0.25) is 0 Å². The summed E-state index contributed by atoms with van der Waals surface area (Å²) >= 11 is 0. The van der Waals surface area contributed by atoms with E-state index in [9.17, 15) is 45.0 Å². The van der Waals surface area contributed by atoms with Gasteiger partial charge in [0.15, 0.2) is 25.2 Å². The lowest BCUT2D eigenvalue weighted by molar-refractivity contribution is -0.356. The number of carbonyl (C=O) groups excluding carboxylic acids is 3. The van der Waals surface area contributed by atoms with Crippen LogP contribution in [0.4, 0.5) is 0 Å². The van der Waals surface area contributed by atoms with Crippen LogP contribution in [0.25, 0.3) is 0 Å². The normalized spacial score (nSPS) is 44.2. The third-order valence-corrected chi connectivity index (χ3v) is 21.3. The Morgan fingerprint density at radius 2 is 1.21 bits per heavy atom. The van der Waals surface area contributed by atoms with E-state index < -0.39 is 174 Å². The van der Waals surface area contributed by atoms with Crippen molar-refractivity contribution in [2.45, 2.75) is 252 Å². The van der Waals surface area contributed by atoms with Crippen molar-refractivity contribution < 1.29 is 116 Å². The van der Waals surface area contributed by atoms with Gasteiger partial charge in [-0.1, -0.05) is 48.9 Å². The zero-order valence-corrected chi connectivity index (χ0v) is 52.7. The molecular formula is C65H92O24. The minimum Gasteiger partial charge on any atom is -0.507 e. The fourth-order valence-corrected chi connectivity index (χ4v) is 16.3. The standard InChI is InChI=1S/C65H92O24/c1-33-52(68)57(78-11)53(69)60(83-33)89-56-36(4)82-51(30-46(56)77-10)88-55-35(3)81-50(29-45(55)76-9)87-54-34(2)80-49(28-44(54)75-8)85-41-22-23-62(32-79-59(71)42-19-15-16-20-43(42)67)40(27-41)21-24-64(73)47(62)31-48(86-58(70)39-17-13-12-14-18-39)61(7)63(72,25-26-65(61,64)74)37(5)84-38(6)66/h12-21,33-37,41,44-57,60,67-69,72-74H,22-32H2,1-11H3/t33-,34-,35-,36-,37+,41+,44+,45+,46+,47-,48-,49+,50+,51+,52-,53-,54-,55-,56-,57+,60+,61-,62-,63-,64+,65-/m1/s1. The molecule has 0 amide bonds. The average Bonchev–Trinajstić information content (AvgIpc) is 1.61. The molecular weight excluding hydrogens is 1160 g/mol. The number of aromatic hydroxyl groups is 1. The number of phenols is 1. The Morgan fingerprint density at radius 1 is 0.652 bits per heavy atom. The molecule has 3 saturated carbocycles. The first-order valence-corrected chi connectivity index (χ1v) is 31.3. The van der Waals surface area contributed by atoms with Gasteiger partial charge in [-0.2, -0.15) is 0 Å². The molecule has 0 spiro atoms. The number of aliphatic hydroxyl groups excluding tert-OH is 2. The highest BCUT2D eigenvalue weighted by Crippen LogP contribution is 2.72. The van der Waals surface area contributed by atoms with E-state index in [4.69, 9.17) is 71.1 Å². The molecule has 8 aliphatic rings. The topological polar surface area (TPSA) is 311 Å². The van der Waals surface area contributed by atoms with Crippen molar-refractivity contribution in [3.63, 3.8) is 0 Å². The maximum Gasteiger partial charge on any atom is 0.341 e. The monoisotopic (exact) mass is 1260 g/mol. The lowest BCUT2D eigenvalue weighted by Crippen LogP contribution is -2.79. The number of hydrogen-bond acceptors (Lipinski definition) is 24. The molecule has 24 heteroatoms. The van der Waals surface area contributed by atoms with Crippen LogP contribution in [0.3, 0.4) is 0 Å². The maximum atomic E-state index is 14.2. The van der Waals surface area contributed by atoms with E-state index in [1.54, 1.807) is 77.6 Å². The molecule has 24 nitrogen and oxygen atoms in total. The molecule has 10 rings (SSSR count). The van der Waals surface area contributed by atoms with Crippen molar-refractivity contribution in [3.05, 3.63) is 77.4 Å². The van der Waals surface area contributed by atoms with Crippen molar-refractivity contribution in [2.24, 2.45) is 16.7 Å². The van der Waals surface area contributed by atoms with E-state index in [-0.39, 0.29) is 81.3 Å². The van der Waals surface area contributed by atoms with Crippen LogP contribution in [0, 0.1) is 16.7 Å². The number of para-hydroxylation sites is 1. The minimum atomic E-state index is -2.18. The Morgan fingerprint density at radius 3 is 1.78 bits per heavy atom. The van der Waals surface area contributed by atoms with Gasteiger partial charge in [-0.25, -0.2) is 9.59 Å². The van der Waals surface area contributed by atoms with E-state index in [2.05, 4.69) is 0 Å². The summed E-state index contributed by atoms with van der Waals surface area (Å²) in [6, 6.07) is 14.3. The van der Waals surface area contributed by atoms with Crippen molar-refractivity contribution in [3.8, 4) is 5.75 Å². The summed E-state index contributed by atoms with van der Waals surface area (Å²) in [5.41, 5.74) is -8.36. The molecule has 4 saturated heterocycles. The number of ether oxygens (including phenoxy) is 15. The smallest absolute Gasteiger partial charge is 0.341 e. The zero-order valence-electron chi connectivity index (χ0n) is 52.7. The second kappa shape index (κ2) is 27.0. The van der Waals surface area contributed by atoms with Gasteiger partial charge < -0.3 is 102 Å². The Balaban J connectivity index is 0.828. The molecule has 4 heterocycles. The van der Waals surface area contributed by atoms with Gasteiger partial charge in [0.1, 0.15) is 83.6 Å². The van der Waals surface area contributed by atoms with E-state index in [1.165, 1.54) is 33.1 Å². The summed E-state index contributed by atoms with van der Waals surface area (Å²) < 4.78 is 93.4. The molecule has 2 aromatic rings. The van der Waals surface area contributed by atoms with E-state index in [0.717, 1.165) is 5.57 Å². The molecule has 7 fully saturated rings. The maximum absolute atomic E-state index is 14.2. The molecule has 4 aliphatic heterocycles. The number of rotatable bonds is 19. The zero-order chi connectivity index (χ0) is 64.1. The highest BCUT2D eigenvalue weighted by atomic mass is 16.8. The fourth-order valence-electron chi connectivity index (χ4n) is 16.3. The minimum absolute atomic E-state index is 0.0706. The first-order chi connectivity index (χ1) is 42.3. The van der Waals surface area contributed by atoms with E-state index >= 15 is 0 Å². The number of hydrogen-bond donors (Lipinski definition) is 6. The summed E-state index contributed by atoms with van der Waals surface area (Å²) in [5, 5.41) is 72.3. The molecule has 0 aromatic heterocycles. The Kier molecular flexibility index (Phi) is 20.5. The number of carbonyl (C=O) groups is 3. The number of benzene rings is 2. The molecule has 6 N–H and O–H groups in total.